The van der Waals surface area contributed by atoms with Gasteiger partial charge < -0.3 is 10.3 Å². The lowest BCUT2D eigenvalue weighted by Gasteiger charge is -2.02. The highest BCUT2D eigenvalue weighted by atomic mass is 35.5. The van der Waals surface area contributed by atoms with E-state index in [0.29, 0.717) is 11.6 Å². The molecule has 3 aromatic rings. The van der Waals surface area contributed by atoms with Crippen LogP contribution in [0.15, 0.2) is 42.5 Å². The molecule has 0 aliphatic heterocycles. The van der Waals surface area contributed by atoms with Crippen LogP contribution in [0.2, 0.25) is 10.0 Å². The zero-order valence-corrected chi connectivity index (χ0v) is 11.5. The van der Waals surface area contributed by atoms with E-state index in [2.05, 4.69) is 15.3 Å². The summed E-state index contributed by atoms with van der Waals surface area (Å²) in [7, 11) is 0. The molecule has 2 N–H and O–H groups in total. The van der Waals surface area contributed by atoms with Crippen LogP contribution in [0.25, 0.3) is 11.0 Å². The molecular weight excluding hydrogens is 281 g/mol. The van der Waals surface area contributed by atoms with Crippen LogP contribution >= 0.6 is 23.2 Å². The number of hydrogen-bond acceptors (Lipinski definition) is 2. The molecule has 0 aliphatic rings. The zero-order valence-electron chi connectivity index (χ0n) is 9.95. The molecule has 0 amide bonds. The molecule has 3 rings (SSSR count). The molecule has 0 saturated heterocycles. The van der Waals surface area contributed by atoms with Gasteiger partial charge in [-0.05, 0) is 35.9 Å². The highest BCUT2D eigenvalue weighted by Gasteiger charge is 2.02. The Bertz CT molecular complexity index is 704. The van der Waals surface area contributed by atoms with Gasteiger partial charge in [-0.3, -0.25) is 0 Å². The maximum atomic E-state index is 5.94. The van der Waals surface area contributed by atoms with Gasteiger partial charge in [-0.25, -0.2) is 4.98 Å². The smallest absolute Gasteiger partial charge is 0.201 e. The number of H-pyrrole nitrogens is 1. The van der Waals surface area contributed by atoms with Crippen LogP contribution in [0.3, 0.4) is 0 Å². The number of rotatable bonds is 3. The molecule has 1 heterocycles. The van der Waals surface area contributed by atoms with E-state index in [1.54, 1.807) is 0 Å². The number of imidazole rings is 1. The van der Waals surface area contributed by atoms with E-state index in [1.165, 1.54) is 0 Å². The summed E-state index contributed by atoms with van der Waals surface area (Å²) in [5, 5.41) is 4.67. The molecular formula is C14H11Cl2N3. The highest BCUT2D eigenvalue weighted by molar-refractivity contribution is 6.31. The van der Waals surface area contributed by atoms with Crippen molar-refractivity contribution >= 4 is 40.2 Å². The second-order valence-corrected chi connectivity index (χ2v) is 5.10. The Morgan fingerprint density at radius 3 is 2.53 bits per heavy atom. The molecule has 0 radical (unpaired) electrons. The van der Waals surface area contributed by atoms with Gasteiger partial charge in [0.25, 0.3) is 0 Å². The molecule has 1 aromatic heterocycles. The standard InChI is InChI=1S/C14H11Cl2N3/c15-10-3-1-9(2-4-10)8-17-14-18-12-6-5-11(16)7-13(12)19-14/h1-7H,8H2,(H2,17,18,19). The Morgan fingerprint density at radius 1 is 1.00 bits per heavy atom. The van der Waals surface area contributed by atoms with E-state index in [9.17, 15) is 0 Å². The van der Waals surface area contributed by atoms with Crippen LogP contribution < -0.4 is 5.32 Å². The minimum absolute atomic E-state index is 0.685. The van der Waals surface area contributed by atoms with Crippen LogP contribution in [-0.4, -0.2) is 9.97 Å². The molecule has 0 saturated carbocycles. The first-order valence-corrected chi connectivity index (χ1v) is 6.60. The molecule has 0 fully saturated rings. The molecule has 0 aliphatic carbocycles. The fourth-order valence-corrected chi connectivity index (χ4v) is 2.15. The van der Waals surface area contributed by atoms with Crippen LogP contribution in [0, 0.1) is 0 Å². The van der Waals surface area contributed by atoms with Crippen LogP contribution in [0.1, 0.15) is 5.56 Å². The Balaban J connectivity index is 1.76. The fraction of sp³-hybridized carbons (Fsp3) is 0.0714. The largest absolute Gasteiger partial charge is 0.352 e. The van der Waals surface area contributed by atoms with Crippen molar-refractivity contribution in [3.8, 4) is 0 Å². The van der Waals surface area contributed by atoms with E-state index in [0.717, 1.165) is 27.6 Å². The van der Waals surface area contributed by atoms with Gasteiger partial charge in [-0.15, -0.1) is 0 Å². The van der Waals surface area contributed by atoms with E-state index >= 15 is 0 Å². The van der Waals surface area contributed by atoms with Crippen molar-refractivity contribution in [3.63, 3.8) is 0 Å². The number of hydrogen-bond donors (Lipinski definition) is 2. The van der Waals surface area contributed by atoms with Gasteiger partial charge in [0.05, 0.1) is 11.0 Å². The Morgan fingerprint density at radius 2 is 1.74 bits per heavy atom. The van der Waals surface area contributed by atoms with E-state index in [1.807, 2.05) is 42.5 Å². The van der Waals surface area contributed by atoms with E-state index in [-0.39, 0.29) is 0 Å². The minimum atomic E-state index is 0.685. The summed E-state index contributed by atoms with van der Waals surface area (Å²) in [6.07, 6.45) is 0. The zero-order chi connectivity index (χ0) is 13.2. The summed E-state index contributed by atoms with van der Waals surface area (Å²) in [4.78, 5) is 7.62. The molecule has 3 nitrogen and oxygen atoms in total. The lowest BCUT2D eigenvalue weighted by molar-refractivity contribution is 1.10. The number of aromatic amines is 1. The maximum absolute atomic E-state index is 5.94. The van der Waals surface area contributed by atoms with Crippen molar-refractivity contribution in [1.82, 2.24) is 9.97 Å². The number of nitrogens with one attached hydrogen (secondary N) is 2. The van der Waals surface area contributed by atoms with E-state index < -0.39 is 0 Å². The first-order chi connectivity index (χ1) is 9.20. The molecule has 2 aromatic carbocycles. The molecule has 0 unspecified atom stereocenters. The Kier molecular flexibility index (Phi) is 3.32. The molecule has 96 valence electrons. The van der Waals surface area contributed by atoms with Gasteiger partial charge in [0.1, 0.15) is 0 Å². The lowest BCUT2D eigenvalue weighted by atomic mass is 10.2. The average molecular weight is 292 g/mol. The molecule has 19 heavy (non-hydrogen) atoms. The molecule has 0 bridgehead atoms. The van der Waals surface area contributed by atoms with Gasteiger partial charge in [0.2, 0.25) is 5.95 Å². The second-order valence-electron chi connectivity index (χ2n) is 4.23. The number of nitrogens with zero attached hydrogens (tertiary/aromatic N) is 1. The third-order valence-corrected chi connectivity index (χ3v) is 3.30. The number of benzene rings is 2. The van der Waals surface area contributed by atoms with Crippen LogP contribution in [0.4, 0.5) is 5.95 Å². The van der Waals surface area contributed by atoms with Crippen molar-refractivity contribution in [2.24, 2.45) is 0 Å². The fourth-order valence-electron chi connectivity index (χ4n) is 1.85. The molecule has 0 atom stereocenters. The summed E-state index contributed by atoms with van der Waals surface area (Å²) in [5.74, 6) is 0.729. The number of anilines is 1. The van der Waals surface area contributed by atoms with Crippen molar-refractivity contribution < 1.29 is 0 Å². The van der Waals surface area contributed by atoms with Crippen molar-refractivity contribution in [2.45, 2.75) is 6.54 Å². The Labute approximate surface area is 120 Å². The van der Waals surface area contributed by atoms with Crippen molar-refractivity contribution in [3.05, 3.63) is 58.1 Å². The Hall–Kier alpha value is -1.71. The van der Waals surface area contributed by atoms with Crippen molar-refractivity contribution in [2.75, 3.05) is 5.32 Å². The first-order valence-electron chi connectivity index (χ1n) is 5.84. The predicted molar refractivity (Wildman–Crippen MR) is 79.9 cm³/mol. The lowest BCUT2D eigenvalue weighted by Crippen LogP contribution is -2.00. The summed E-state index contributed by atoms with van der Waals surface area (Å²) >= 11 is 11.8. The number of halogens is 2. The quantitative estimate of drug-likeness (QED) is 0.747. The second kappa shape index (κ2) is 5.11. The van der Waals surface area contributed by atoms with Gasteiger partial charge in [0, 0.05) is 16.6 Å². The molecule has 5 heteroatoms. The first kappa shape index (κ1) is 12.3. The third kappa shape index (κ3) is 2.83. The maximum Gasteiger partial charge on any atom is 0.201 e. The van der Waals surface area contributed by atoms with Crippen LogP contribution in [-0.2, 0) is 6.54 Å². The van der Waals surface area contributed by atoms with E-state index in [4.69, 9.17) is 23.2 Å². The summed E-state index contributed by atoms with van der Waals surface area (Å²) in [6.45, 7) is 0.685. The monoisotopic (exact) mass is 291 g/mol. The summed E-state index contributed by atoms with van der Waals surface area (Å²) in [6, 6.07) is 13.3. The average Bonchev–Trinajstić information content (AvgIpc) is 2.80. The summed E-state index contributed by atoms with van der Waals surface area (Å²) in [5.41, 5.74) is 2.96. The number of fused-ring (bicyclic) bond motifs is 1. The van der Waals surface area contributed by atoms with Gasteiger partial charge >= 0.3 is 0 Å². The third-order valence-electron chi connectivity index (χ3n) is 2.82. The van der Waals surface area contributed by atoms with Gasteiger partial charge in [0.15, 0.2) is 0 Å². The van der Waals surface area contributed by atoms with Gasteiger partial charge in [-0.2, -0.15) is 0 Å². The van der Waals surface area contributed by atoms with Crippen LogP contribution in [0.5, 0.6) is 0 Å². The normalized spacial score (nSPS) is 10.8. The minimum Gasteiger partial charge on any atom is -0.352 e. The topological polar surface area (TPSA) is 40.7 Å². The summed E-state index contributed by atoms with van der Waals surface area (Å²) < 4.78 is 0. The highest BCUT2D eigenvalue weighted by Crippen LogP contribution is 2.19. The van der Waals surface area contributed by atoms with Gasteiger partial charge in [-0.1, -0.05) is 35.3 Å². The number of aromatic nitrogens is 2. The molecule has 0 spiro atoms. The van der Waals surface area contributed by atoms with Crippen molar-refractivity contribution in [1.29, 1.82) is 0 Å². The predicted octanol–water partition coefficient (Wildman–Crippen LogP) is 4.48. The SMILES string of the molecule is Clc1ccc(CNc2nc3ccc(Cl)cc3[nH]2)cc1.